The number of carbonyl (C=O) groups is 2. The molecule has 2 aromatic rings. The summed E-state index contributed by atoms with van der Waals surface area (Å²) in [4.78, 5) is 26.7. The minimum Gasteiger partial charge on any atom is -0.367 e. The van der Waals surface area contributed by atoms with E-state index in [1.54, 1.807) is 18.2 Å². The molecule has 19 heavy (non-hydrogen) atoms. The molecular formula is C11H12N6O2. The van der Waals surface area contributed by atoms with Gasteiger partial charge in [-0.05, 0) is 12.1 Å². The Morgan fingerprint density at radius 2 is 2.05 bits per heavy atom. The van der Waals surface area contributed by atoms with Crippen molar-refractivity contribution in [3.05, 3.63) is 36.2 Å². The Morgan fingerprint density at radius 3 is 2.68 bits per heavy atom. The van der Waals surface area contributed by atoms with Gasteiger partial charge in [0, 0.05) is 0 Å². The zero-order chi connectivity index (χ0) is 13.8. The number of amides is 2. The van der Waals surface area contributed by atoms with Gasteiger partial charge in [0.2, 0.25) is 11.9 Å². The molecule has 1 aromatic heterocycles. The van der Waals surface area contributed by atoms with Crippen molar-refractivity contribution >= 4 is 23.5 Å². The first kappa shape index (κ1) is 12.6. The standard InChI is InChI=1S/C11H12N6O2/c12-10(19)7-3-1-2-4-8(7)15-9(18)5-17-6-14-11(13)16-17/h1-4,6H,5H2,(H2,12,19)(H2,13,16)(H,15,18). The third-order valence-electron chi connectivity index (χ3n) is 2.33. The second-order valence-corrected chi connectivity index (χ2v) is 3.76. The average molecular weight is 260 g/mol. The van der Waals surface area contributed by atoms with Crippen molar-refractivity contribution in [3.63, 3.8) is 0 Å². The Bertz CT molecular complexity index is 621. The molecule has 0 aliphatic heterocycles. The van der Waals surface area contributed by atoms with E-state index in [0.29, 0.717) is 5.69 Å². The van der Waals surface area contributed by atoms with Crippen molar-refractivity contribution in [2.45, 2.75) is 6.54 Å². The first-order valence-corrected chi connectivity index (χ1v) is 5.40. The van der Waals surface area contributed by atoms with Crippen LogP contribution in [0.2, 0.25) is 0 Å². The van der Waals surface area contributed by atoms with Crippen LogP contribution in [-0.2, 0) is 11.3 Å². The summed E-state index contributed by atoms with van der Waals surface area (Å²) in [5, 5.41) is 6.36. The monoisotopic (exact) mass is 260 g/mol. The lowest BCUT2D eigenvalue weighted by Gasteiger charge is -2.08. The number of rotatable bonds is 4. The summed E-state index contributed by atoms with van der Waals surface area (Å²) in [6.45, 7) is -0.0582. The number of anilines is 2. The summed E-state index contributed by atoms with van der Waals surface area (Å²) >= 11 is 0. The molecule has 0 saturated heterocycles. The van der Waals surface area contributed by atoms with Crippen molar-refractivity contribution < 1.29 is 9.59 Å². The second-order valence-electron chi connectivity index (χ2n) is 3.76. The first-order valence-electron chi connectivity index (χ1n) is 5.40. The lowest BCUT2D eigenvalue weighted by atomic mass is 10.1. The largest absolute Gasteiger partial charge is 0.367 e. The third kappa shape index (κ3) is 3.06. The molecule has 5 N–H and O–H groups in total. The highest BCUT2D eigenvalue weighted by Crippen LogP contribution is 2.14. The molecule has 0 bridgehead atoms. The van der Waals surface area contributed by atoms with E-state index in [2.05, 4.69) is 15.4 Å². The number of nitrogens with zero attached hydrogens (tertiary/aromatic N) is 3. The van der Waals surface area contributed by atoms with E-state index in [-0.39, 0.29) is 24.0 Å². The first-order chi connectivity index (χ1) is 9.06. The lowest BCUT2D eigenvalue weighted by Crippen LogP contribution is -2.22. The van der Waals surface area contributed by atoms with Crippen LogP contribution in [0.5, 0.6) is 0 Å². The summed E-state index contributed by atoms with van der Waals surface area (Å²) in [7, 11) is 0. The van der Waals surface area contributed by atoms with Crippen LogP contribution in [-0.4, -0.2) is 26.6 Å². The van der Waals surface area contributed by atoms with Crippen LogP contribution < -0.4 is 16.8 Å². The SMILES string of the molecule is NC(=O)c1ccccc1NC(=O)Cn1cnc(N)n1. The second kappa shape index (κ2) is 5.17. The molecular weight excluding hydrogens is 248 g/mol. The number of hydrogen-bond acceptors (Lipinski definition) is 5. The molecule has 0 fully saturated rings. The number of nitrogens with one attached hydrogen (secondary N) is 1. The molecule has 1 heterocycles. The van der Waals surface area contributed by atoms with Crippen LogP contribution in [0.25, 0.3) is 0 Å². The van der Waals surface area contributed by atoms with Gasteiger partial charge in [0.05, 0.1) is 11.3 Å². The number of primary amides is 1. The molecule has 0 spiro atoms. The third-order valence-corrected chi connectivity index (χ3v) is 2.33. The van der Waals surface area contributed by atoms with Gasteiger partial charge in [-0.25, -0.2) is 9.67 Å². The minimum absolute atomic E-state index is 0.0582. The van der Waals surface area contributed by atoms with Crippen molar-refractivity contribution in [3.8, 4) is 0 Å². The summed E-state index contributed by atoms with van der Waals surface area (Å²) in [6, 6.07) is 6.47. The summed E-state index contributed by atoms with van der Waals surface area (Å²) in [5.74, 6) is -0.884. The van der Waals surface area contributed by atoms with Crippen LogP contribution in [0.1, 0.15) is 10.4 Å². The van der Waals surface area contributed by atoms with Gasteiger partial charge >= 0.3 is 0 Å². The normalized spacial score (nSPS) is 10.1. The number of hydrogen-bond donors (Lipinski definition) is 3. The zero-order valence-electron chi connectivity index (χ0n) is 9.91. The molecule has 98 valence electrons. The highest BCUT2D eigenvalue weighted by atomic mass is 16.2. The predicted molar refractivity (Wildman–Crippen MR) is 68.0 cm³/mol. The van der Waals surface area contributed by atoms with Crippen molar-refractivity contribution in [2.24, 2.45) is 5.73 Å². The van der Waals surface area contributed by atoms with Gasteiger partial charge in [0.25, 0.3) is 5.91 Å². The van der Waals surface area contributed by atoms with Gasteiger partial charge in [0.15, 0.2) is 0 Å². The van der Waals surface area contributed by atoms with Gasteiger partial charge in [0.1, 0.15) is 12.9 Å². The predicted octanol–water partition coefficient (Wildman–Crippen LogP) is -0.402. The molecule has 0 atom stereocenters. The zero-order valence-corrected chi connectivity index (χ0v) is 9.91. The van der Waals surface area contributed by atoms with Crippen LogP contribution in [0.4, 0.5) is 11.6 Å². The maximum absolute atomic E-state index is 11.8. The highest BCUT2D eigenvalue weighted by molar-refractivity contribution is 6.02. The van der Waals surface area contributed by atoms with E-state index in [9.17, 15) is 9.59 Å². The van der Waals surface area contributed by atoms with Gasteiger partial charge in [-0.15, -0.1) is 5.10 Å². The smallest absolute Gasteiger partial charge is 0.250 e. The molecule has 0 aliphatic carbocycles. The maximum atomic E-state index is 11.8. The number of aromatic nitrogens is 3. The summed E-state index contributed by atoms with van der Waals surface area (Å²) < 4.78 is 1.29. The number of nitrogen functional groups attached to an aromatic ring is 1. The summed E-state index contributed by atoms with van der Waals surface area (Å²) in [6.07, 6.45) is 1.34. The van der Waals surface area contributed by atoms with Crippen LogP contribution in [0.15, 0.2) is 30.6 Å². The quantitative estimate of drug-likeness (QED) is 0.688. The van der Waals surface area contributed by atoms with Gasteiger partial charge in [-0.3, -0.25) is 9.59 Å². The van der Waals surface area contributed by atoms with E-state index in [0.717, 1.165) is 0 Å². The highest BCUT2D eigenvalue weighted by Gasteiger charge is 2.11. The van der Waals surface area contributed by atoms with E-state index in [1.807, 2.05) is 0 Å². The molecule has 0 radical (unpaired) electrons. The maximum Gasteiger partial charge on any atom is 0.250 e. The van der Waals surface area contributed by atoms with Crippen LogP contribution in [0.3, 0.4) is 0 Å². The summed E-state index contributed by atoms with van der Waals surface area (Å²) in [5.41, 5.74) is 11.1. The number of para-hydroxylation sites is 1. The molecule has 2 amide bonds. The fourth-order valence-corrected chi connectivity index (χ4v) is 1.53. The van der Waals surface area contributed by atoms with Gasteiger partial charge in [-0.2, -0.15) is 0 Å². The molecule has 1 aromatic carbocycles. The Hall–Kier alpha value is -2.90. The number of nitrogens with two attached hydrogens (primary N) is 2. The molecule has 2 rings (SSSR count). The molecule has 0 saturated carbocycles. The minimum atomic E-state index is -0.610. The van der Waals surface area contributed by atoms with E-state index in [1.165, 1.54) is 17.1 Å². The number of benzene rings is 1. The van der Waals surface area contributed by atoms with E-state index >= 15 is 0 Å². The van der Waals surface area contributed by atoms with Gasteiger partial charge < -0.3 is 16.8 Å². The van der Waals surface area contributed by atoms with Crippen LogP contribution >= 0.6 is 0 Å². The van der Waals surface area contributed by atoms with Gasteiger partial charge in [-0.1, -0.05) is 12.1 Å². The van der Waals surface area contributed by atoms with Crippen molar-refractivity contribution in [1.82, 2.24) is 14.8 Å². The molecule has 0 aliphatic rings. The Labute approximate surface area is 108 Å². The topological polar surface area (TPSA) is 129 Å². The molecule has 0 unspecified atom stereocenters. The average Bonchev–Trinajstić information content (AvgIpc) is 2.75. The fourth-order valence-electron chi connectivity index (χ4n) is 1.53. The molecule has 8 nitrogen and oxygen atoms in total. The van der Waals surface area contributed by atoms with E-state index < -0.39 is 5.91 Å². The Morgan fingerprint density at radius 1 is 1.32 bits per heavy atom. The van der Waals surface area contributed by atoms with Crippen LogP contribution in [0, 0.1) is 0 Å². The fraction of sp³-hybridized carbons (Fsp3) is 0.0909. The number of carbonyl (C=O) groups excluding carboxylic acids is 2. The Kier molecular flexibility index (Phi) is 3.42. The van der Waals surface area contributed by atoms with E-state index in [4.69, 9.17) is 11.5 Å². The Balaban J connectivity index is 2.09. The van der Waals surface area contributed by atoms with Crippen molar-refractivity contribution in [2.75, 3.05) is 11.1 Å². The lowest BCUT2D eigenvalue weighted by molar-refractivity contribution is -0.116. The molecule has 8 heteroatoms. The van der Waals surface area contributed by atoms with Crippen molar-refractivity contribution in [1.29, 1.82) is 0 Å².